The number of likely N-dealkylation sites (tertiary alicyclic amines) is 1. The summed E-state index contributed by atoms with van der Waals surface area (Å²) >= 11 is 0. The zero-order valence-corrected chi connectivity index (χ0v) is 14.3. The summed E-state index contributed by atoms with van der Waals surface area (Å²) < 4.78 is 0. The van der Waals surface area contributed by atoms with Gasteiger partial charge in [-0.15, -0.1) is 0 Å². The number of urea groups is 1. The summed E-state index contributed by atoms with van der Waals surface area (Å²) in [6.45, 7) is 10.6. The molecule has 1 aliphatic rings. The van der Waals surface area contributed by atoms with Gasteiger partial charge < -0.3 is 15.3 Å². The lowest BCUT2D eigenvalue weighted by Crippen LogP contribution is -2.51. The van der Waals surface area contributed by atoms with E-state index in [4.69, 9.17) is 5.11 Å². The Kier molecular flexibility index (Phi) is 7.50. The van der Waals surface area contributed by atoms with Crippen molar-refractivity contribution < 1.29 is 9.90 Å². The number of unbranched alkanes of at least 4 members (excludes halogenated alkanes) is 2. The van der Waals surface area contributed by atoms with E-state index < -0.39 is 0 Å². The van der Waals surface area contributed by atoms with Crippen molar-refractivity contribution in [2.45, 2.75) is 72.3 Å². The first-order chi connectivity index (χ1) is 9.88. The Labute approximate surface area is 130 Å². The predicted octanol–water partition coefficient (Wildman–Crippen LogP) is 3.40. The van der Waals surface area contributed by atoms with Crippen molar-refractivity contribution in [1.82, 2.24) is 10.2 Å². The van der Waals surface area contributed by atoms with Crippen LogP contribution in [0.5, 0.6) is 0 Å². The summed E-state index contributed by atoms with van der Waals surface area (Å²) in [5.74, 6) is 0.372. The van der Waals surface area contributed by atoms with E-state index in [1.807, 2.05) is 4.90 Å². The van der Waals surface area contributed by atoms with Crippen molar-refractivity contribution in [3.8, 4) is 0 Å². The molecule has 2 N–H and O–H groups in total. The smallest absolute Gasteiger partial charge is 0.317 e. The Morgan fingerprint density at radius 2 is 1.90 bits per heavy atom. The molecule has 4 nitrogen and oxygen atoms in total. The Hall–Kier alpha value is -0.770. The largest absolute Gasteiger partial charge is 0.396 e. The second-order valence-electron chi connectivity index (χ2n) is 7.48. The number of carbonyl (C=O) groups is 1. The molecule has 4 heteroatoms. The molecule has 0 spiro atoms. The van der Waals surface area contributed by atoms with Crippen LogP contribution >= 0.6 is 0 Å². The number of piperidine rings is 1. The zero-order chi connectivity index (χ0) is 15.9. The van der Waals surface area contributed by atoms with Gasteiger partial charge >= 0.3 is 6.03 Å². The molecule has 0 saturated carbocycles. The molecule has 0 aromatic rings. The number of nitrogens with one attached hydrogen (secondary N) is 1. The van der Waals surface area contributed by atoms with Crippen LogP contribution in [0.15, 0.2) is 0 Å². The first-order valence-electron chi connectivity index (χ1n) is 8.54. The molecule has 0 aromatic carbocycles. The zero-order valence-electron chi connectivity index (χ0n) is 14.3. The summed E-state index contributed by atoms with van der Waals surface area (Å²) in [5.41, 5.74) is 0.0901. The van der Waals surface area contributed by atoms with Crippen LogP contribution < -0.4 is 5.32 Å². The molecule has 1 saturated heterocycles. The SMILES string of the molecule is CCCCCC(NC(=O)N1CCC(CO)CC1)C(C)(C)C. The third kappa shape index (κ3) is 6.25. The Bertz CT molecular complexity index is 304. The van der Waals surface area contributed by atoms with Crippen LogP contribution in [0.2, 0.25) is 0 Å². The van der Waals surface area contributed by atoms with E-state index in [0.717, 1.165) is 32.4 Å². The van der Waals surface area contributed by atoms with E-state index in [1.54, 1.807) is 0 Å². The number of aliphatic hydroxyl groups excluding tert-OH is 1. The Balaban J connectivity index is 2.48. The van der Waals surface area contributed by atoms with Crippen LogP contribution in [0.25, 0.3) is 0 Å². The molecule has 0 radical (unpaired) electrons. The highest BCUT2D eigenvalue weighted by atomic mass is 16.3. The molecule has 1 atom stereocenters. The van der Waals surface area contributed by atoms with E-state index in [1.165, 1.54) is 19.3 Å². The molecule has 21 heavy (non-hydrogen) atoms. The normalized spacial score (nSPS) is 18.6. The molecule has 0 aliphatic carbocycles. The molecular formula is C17H34N2O2. The monoisotopic (exact) mass is 298 g/mol. The van der Waals surface area contributed by atoms with Crippen LogP contribution in [0, 0.1) is 11.3 Å². The van der Waals surface area contributed by atoms with Gasteiger partial charge in [-0.25, -0.2) is 4.79 Å². The fraction of sp³-hybridized carbons (Fsp3) is 0.941. The number of rotatable bonds is 6. The highest BCUT2D eigenvalue weighted by Gasteiger charge is 2.29. The predicted molar refractivity (Wildman–Crippen MR) is 87.3 cm³/mol. The van der Waals surface area contributed by atoms with Gasteiger partial charge in [0, 0.05) is 25.7 Å². The van der Waals surface area contributed by atoms with Gasteiger partial charge in [0.2, 0.25) is 0 Å². The van der Waals surface area contributed by atoms with Gasteiger partial charge in [0.05, 0.1) is 0 Å². The van der Waals surface area contributed by atoms with Crippen molar-refractivity contribution in [1.29, 1.82) is 0 Å². The average molecular weight is 298 g/mol. The van der Waals surface area contributed by atoms with E-state index in [2.05, 4.69) is 33.0 Å². The van der Waals surface area contributed by atoms with Gasteiger partial charge in [-0.2, -0.15) is 0 Å². The number of hydrogen-bond donors (Lipinski definition) is 2. The number of aliphatic hydroxyl groups is 1. The summed E-state index contributed by atoms with van der Waals surface area (Å²) in [7, 11) is 0. The van der Waals surface area contributed by atoms with Crippen LogP contribution in [-0.2, 0) is 0 Å². The molecule has 1 heterocycles. The average Bonchev–Trinajstić information content (AvgIpc) is 2.45. The molecule has 1 fully saturated rings. The molecule has 2 amide bonds. The van der Waals surface area contributed by atoms with Gasteiger partial charge in [-0.3, -0.25) is 0 Å². The number of carbonyl (C=O) groups excluding carboxylic acids is 1. The van der Waals surface area contributed by atoms with Gasteiger partial charge in [0.15, 0.2) is 0 Å². The van der Waals surface area contributed by atoms with Crippen LogP contribution in [0.4, 0.5) is 4.79 Å². The fourth-order valence-corrected chi connectivity index (χ4v) is 2.88. The highest BCUT2D eigenvalue weighted by molar-refractivity contribution is 5.74. The van der Waals surface area contributed by atoms with E-state index in [0.29, 0.717) is 5.92 Å². The Morgan fingerprint density at radius 3 is 2.38 bits per heavy atom. The fourth-order valence-electron chi connectivity index (χ4n) is 2.88. The minimum Gasteiger partial charge on any atom is -0.396 e. The van der Waals surface area contributed by atoms with E-state index in [9.17, 15) is 4.79 Å². The summed E-state index contributed by atoms with van der Waals surface area (Å²) in [6, 6.07) is 0.301. The van der Waals surface area contributed by atoms with Crippen LogP contribution in [0.1, 0.15) is 66.2 Å². The maximum absolute atomic E-state index is 12.4. The lowest BCUT2D eigenvalue weighted by molar-refractivity contribution is 0.130. The highest BCUT2D eigenvalue weighted by Crippen LogP contribution is 2.24. The summed E-state index contributed by atoms with van der Waals surface area (Å²) in [5, 5.41) is 12.4. The van der Waals surface area contributed by atoms with Crippen molar-refractivity contribution >= 4 is 6.03 Å². The molecule has 0 aromatic heterocycles. The van der Waals surface area contributed by atoms with Gasteiger partial charge in [0.25, 0.3) is 0 Å². The lowest BCUT2D eigenvalue weighted by Gasteiger charge is -2.36. The maximum atomic E-state index is 12.4. The summed E-state index contributed by atoms with van der Waals surface area (Å²) in [4.78, 5) is 14.3. The van der Waals surface area contributed by atoms with E-state index in [-0.39, 0.29) is 24.1 Å². The quantitative estimate of drug-likeness (QED) is 0.738. The molecule has 124 valence electrons. The van der Waals surface area contributed by atoms with Gasteiger partial charge in [0.1, 0.15) is 0 Å². The Morgan fingerprint density at radius 1 is 1.29 bits per heavy atom. The second-order valence-corrected chi connectivity index (χ2v) is 7.48. The topological polar surface area (TPSA) is 52.6 Å². The molecule has 0 bridgehead atoms. The first-order valence-corrected chi connectivity index (χ1v) is 8.54. The van der Waals surface area contributed by atoms with Gasteiger partial charge in [-0.1, -0.05) is 47.0 Å². The third-order valence-corrected chi connectivity index (χ3v) is 4.60. The van der Waals surface area contributed by atoms with Crippen molar-refractivity contribution in [2.24, 2.45) is 11.3 Å². The van der Waals surface area contributed by atoms with Crippen molar-refractivity contribution in [2.75, 3.05) is 19.7 Å². The summed E-state index contributed by atoms with van der Waals surface area (Å²) in [6.07, 6.45) is 6.49. The number of hydrogen-bond acceptors (Lipinski definition) is 2. The van der Waals surface area contributed by atoms with Gasteiger partial charge in [-0.05, 0) is 30.6 Å². The van der Waals surface area contributed by atoms with E-state index >= 15 is 0 Å². The number of nitrogens with zero attached hydrogens (tertiary/aromatic N) is 1. The minimum atomic E-state index is 0.0720. The number of amides is 2. The minimum absolute atomic E-state index is 0.0720. The molecular weight excluding hydrogens is 264 g/mol. The lowest BCUT2D eigenvalue weighted by atomic mass is 9.83. The van der Waals surface area contributed by atoms with Crippen LogP contribution in [-0.4, -0.2) is 41.8 Å². The first kappa shape index (κ1) is 18.3. The third-order valence-electron chi connectivity index (χ3n) is 4.60. The molecule has 1 aliphatic heterocycles. The van der Waals surface area contributed by atoms with Crippen LogP contribution in [0.3, 0.4) is 0 Å². The molecule has 1 unspecified atom stereocenters. The second kappa shape index (κ2) is 8.62. The molecule has 1 rings (SSSR count). The van der Waals surface area contributed by atoms with Crippen molar-refractivity contribution in [3.63, 3.8) is 0 Å². The standard InChI is InChI=1S/C17H34N2O2/c1-5-6-7-8-15(17(2,3)4)18-16(21)19-11-9-14(13-20)10-12-19/h14-15,20H,5-13H2,1-4H3,(H,18,21). The maximum Gasteiger partial charge on any atom is 0.317 e. The van der Waals surface area contributed by atoms with Crippen molar-refractivity contribution in [3.05, 3.63) is 0 Å².